The summed E-state index contributed by atoms with van der Waals surface area (Å²) in [4.78, 5) is 37.7. The van der Waals surface area contributed by atoms with Crippen LogP contribution in [0.1, 0.15) is 10.6 Å². The molecule has 136 valence electrons. The third-order valence-electron chi connectivity index (χ3n) is 4.17. The van der Waals surface area contributed by atoms with E-state index in [1.807, 2.05) is 43.3 Å². The molecule has 2 aromatic rings. The van der Waals surface area contributed by atoms with E-state index in [-0.39, 0.29) is 30.7 Å². The van der Waals surface area contributed by atoms with Crippen LogP contribution < -0.4 is 10.2 Å². The lowest BCUT2D eigenvalue weighted by molar-refractivity contribution is -0.402. The normalized spacial score (nSPS) is 13.8. The topological polar surface area (TPSA) is 109 Å². The lowest BCUT2D eigenvalue weighted by Gasteiger charge is -2.37. The predicted octanol–water partition coefficient (Wildman–Crippen LogP) is 1.96. The number of nitrogens with zero attached hydrogens (tertiary/aromatic N) is 3. The van der Waals surface area contributed by atoms with Crippen molar-refractivity contribution in [3.8, 4) is 0 Å². The van der Waals surface area contributed by atoms with E-state index < -0.39 is 16.7 Å². The maximum Gasteiger partial charge on any atom is 0.433 e. The number of amides is 2. The van der Waals surface area contributed by atoms with Crippen LogP contribution in [0.3, 0.4) is 0 Å². The summed E-state index contributed by atoms with van der Waals surface area (Å²) >= 11 is 0. The van der Waals surface area contributed by atoms with Gasteiger partial charge in [-0.15, -0.1) is 0 Å². The fourth-order valence-electron chi connectivity index (χ4n) is 2.59. The summed E-state index contributed by atoms with van der Waals surface area (Å²) < 4.78 is 4.89. The van der Waals surface area contributed by atoms with Crippen LogP contribution in [0.2, 0.25) is 0 Å². The van der Waals surface area contributed by atoms with Crippen LogP contribution in [0.25, 0.3) is 0 Å². The molecule has 1 aromatic carbocycles. The molecule has 0 radical (unpaired) electrons. The van der Waals surface area contributed by atoms with Gasteiger partial charge in [0.2, 0.25) is 5.91 Å². The van der Waals surface area contributed by atoms with Crippen molar-refractivity contribution in [3.63, 3.8) is 0 Å². The third kappa shape index (κ3) is 3.51. The zero-order valence-corrected chi connectivity index (χ0v) is 14.3. The SMILES string of the molecule is CN(C)c1ccc(NC(=O)C2CN(C(=O)c3ccc([N+](=O)[O-])o3)C2)cc1. The highest BCUT2D eigenvalue weighted by Crippen LogP contribution is 2.24. The molecule has 9 nitrogen and oxygen atoms in total. The minimum atomic E-state index is -0.704. The largest absolute Gasteiger partial charge is 0.433 e. The maximum atomic E-state index is 12.2. The van der Waals surface area contributed by atoms with Crippen LogP contribution in [0.5, 0.6) is 0 Å². The van der Waals surface area contributed by atoms with Crippen LogP contribution in [-0.2, 0) is 4.79 Å². The van der Waals surface area contributed by atoms with Crippen molar-refractivity contribution >= 4 is 29.1 Å². The van der Waals surface area contributed by atoms with E-state index in [0.717, 1.165) is 11.8 Å². The second-order valence-corrected chi connectivity index (χ2v) is 6.23. The first kappa shape index (κ1) is 17.5. The van der Waals surface area contributed by atoms with Crippen LogP contribution in [-0.4, -0.2) is 48.8 Å². The van der Waals surface area contributed by atoms with Crippen LogP contribution >= 0.6 is 0 Å². The number of anilines is 2. The van der Waals surface area contributed by atoms with Gasteiger partial charge in [-0.3, -0.25) is 19.7 Å². The first-order chi connectivity index (χ1) is 12.3. The molecular weight excluding hydrogens is 340 g/mol. The molecule has 0 bridgehead atoms. The molecule has 3 rings (SSSR count). The number of carbonyl (C=O) groups is 2. The van der Waals surface area contributed by atoms with Gasteiger partial charge in [0.1, 0.15) is 4.92 Å². The van der Waals surface area contributed by atoms with Gasteiger partial charge < -0.3 is 19.5 Å². The highest BCUT2D eigenvalue weighted by atomic mass is 16.6. The van der Waals surface area contributed by atoms with Gasteiger partial charge in [0.05, 0.1) is 12.0 Å². The fourth-order valence-corrected chi connectivity index (χ4v) is 2.59. The van der Waals surface area contributed by atoms with Crippen molar-refractivity contribution in [2.75, 3.05) is 37.4 Å². The molecule has 0 aliphatic carbocycles. The molecule has 26 heavy (non-hydrogen) atoms. The molecule has 2 amide bonds. The maximum absolute atomic E-state index is 12.2. The summed E-state index contributed by atoms with van der Waals surface area (Å²) in [6, 6.07) is 9.83. The van der Waals surface area contributed by atoms with E-state index in [1.54, 1.807) is 0 Å². The number of furan rings is 1. The molecule has 2 heterocycles. The fraction of sp³-hybridized carbons (Fsp3) is 0.294. The van der Waals surface area contributed by atoms with E-state index in [9.17, 15) is 19.7 Å². The summed E-state index contributed by atoms with van der Waals surface area (Å²) in [5, 5.41) is 13.4. The molecule has 1 aliphatic heterocycles. The molecule has 0 atom stereocenters. The Morgan fingerprint density at radius 3 is 2.38 bits per heavy atom. The zero-order valence-electron chi connectivity index (χ0n) is 14.3. The second-order valence-electron chi connectivity index (χ2n) is 6.23. The van der Waals surface area contributed by atoms with Crippen LogP contribution in [0.15, 0.2) is 40.8 Å². The minimum absolute atomic E-state index is 0.102. The van der Waals surface area contributed by atoms with Gasteiger partial charge >= 0.3 is 5.88 Å². The second kappa shape index (κ2) is 6.87. The molecule has 0 spiro atoms. The van der Waals surface area contributed by atoms with Gasteiger partial charge in [0.25, 0.3) is 5.91 Å². The number of rotatable bonds is 5. The lowest BCUT2D eigenvalue weighted by atomic mass is 9.98. The monoisotopic (exact) mass is 358 g/mol. The number of nitrogens with one attached hydrogen (secondary N) is 1. The summed E-state index contributed by atoms with van der Waals surface area (Å²) in [6.07, 6.45) is 0. The molecule has 0 saturated carbocycles. The van der Waals surface area contributed by atoms with E-state index >= 15 is 0 Å². The molecule has 1 aromatic heterocycles. The van der Waals surface area contributed by atoms with Gasteiger partial charge in [0, 0.05) is 38.6 Å². The molecule has 9 heteroatoms. The van der Waals surface area contributed by atoms with Gasteiger partial charge in [-0.05, 0) is 30.3 Å². The predicted molar refractivity (Wildman–Crippen MR) is 94.2 cm³/mol. The van der Waals surface area contributed by atoms with Gasteiger partial charge in [-0.25, -0.2) is 0 Å². The Balaban J connectivity index is 1.52. The number of benzene rings is 1. The Kier molecular flexibility index (Phi) is 4.61. The average molecular weight is 358 g/mol. The smallest absolute Gasteiger partial charge is 0.395 e. The van der Waals surface area contributed by atoms with E-state index in [1.165, 1.54) is 11.0 Å². The lowest BCUT2D eigenvalue weighted by Crippen LogP contribution is -2.54. The van der Waals surface area contributed by atoms with Crippen molar-refractivity contribution < 1.29 is 18.9 Å². The molecule has 1 saturated heterocycles. The van der Waals surface area contributed by atoms with E-state index in [2.05, 4.69) is 5.32 Å². The number of nitro groups is 1. The van der Waals surface area contributed by atoms with Crippen molar-refractivity contribution in [1.29, 1.82) is 0 Å². The summed E-state index contributed by atoms with van der Waals surface area (Å²) in [7, 11) is 3.86. The molecule has 1 N–H and O–H groups in total. The van der Waals surface area contributed by atoms with Crippen molar-refractivity contribution in [1.82, 2.24) is 4.90 Å². The molecule has 0 unspecified atom stereocenters. The van der Waals surface area contributed by atoms with E-state index in [0.29, 0.717) is 5.69 Å². The first-order valence-electron chi connectivity index (χ1n) is 7.97. The first-order valence-corrected chi connectivity index (χ1v) is 7.97. The van der Waals surface area contributed by atoms with Crippen molar-refractivity contribution in [3.05, 3.63) is 52.3 Å². The number of carbonyl (C=O) groups excluding carboxylic acids is 2. The summed E-state index contributed by atoms with van der Waals surface area (Å²) in [5.41, 5.74) is 1.71. The Labute approximate surface area is 149 Å². The molecule has 1 aliphatic rings. The molecular formula is C17H18N4O5. The summed E-state index contributed by atoms with van der Waals surface area (Å²) in [5.74, 6) is -1.54. The zero-order chi connectivity index (χ0) is 18.8. The number of hydrogen-bond acceptors (Lipinski definition) is 6. The Morgan fingerprint density at radius 1 is 1.19 bits per heavy atom. The van der Waals surface area contributed by atoms with Gasteiger partial charge in [-0.1, -0.05) is 0 Å². The number of likely N-dealkylation sites (tertiary alicyclic amines) is 1. The standard InChI is InChI=1S/C17H18N4O5/c1-19(2)13-5-3-12(4-6-13)18-16(22)11-9-20(10-11)17(23)14-7-8-15(26-14)21(24)25/h3-8,11H,9-10H2,1-2H3,(H,18,22). The molecule has 1 fully saturated rings. The van der Waals surface area contributed by atoms with Crippen molar-refractivity contribution in [2.45, 2.75) is 0 Å². The van der Waals surface area contributed by atoms with Gasteiger partial charge in [0.15, 0.2) is 5.76 Å². The quantitative estimate of drug-likeness (QED) is 0.646. The van der Waals surface area contributed by atoms with Crippen LogP contribution in [0.4, 0.5) is 17.3 Å². The van der Waals surface area contributed by atoms with E-state index in [4.69, 9.17) is 4.42 Å². The summed E-state index contributed by atoms with van der Waals surface area (Å²) in [6.45, 7) is 0.490. The van der Waals surface area contributed by atoms with Gasteiger partial charge in [-0.2, -0.15) is 0 Å². The van der Waals surface area contributed by atoms with Crippen LogP contribution in [0, 0.1) is 16.0 Å². The highest BCUT2D eigenvalue weighted by molar-refractivity contribution is 5.97. The highest BCUT2D eigenvalue weighted by Gasteiger charge is 2.37. The Bertz CT molecular complexity index is 837. The Morgan fingerprint density at radius 2 is 1.85 bits per heavy atom. The Hall–Kier alpha value is -3.36. The van der Waals surface area contributed by atoms with Crippen molar-refractivity contribution in [2.24, 2.45) is 5.92 Å². The minimum Gasteiger partial charge on any atom is -0.395 e. The number of hydrogen-bond donors (Lipinski definition) is 1. The third-order valence-corrected chi connectivity index (χ3v) is 4.17. The average Bonchev–Trinajstić information content (AvgIpc) is 3.04.